The molecule has 176 valence electrons. The molecule has 3 N–H and O–H groups in total. The van der Waals surface area contributed by atoms with Gasteiger partial charge in [-0.1, -0.05) is 36.4 Å². The Kier molecular flexibility index (Phi) is 6.30. The highest BCUT2D eigenvalue weighted by atomic mass is 16.5. The van der Waals surface area contributed by atoms with Gasteiger partial charge in [0.25, 0.3) is 11.8 Å². The van der Waals surface area contributed by atoms with Gasteiger partial charge in [0, 0.05) is 41.5 Å². The van der Waals surface area contributed by atoms with Crippen LogP contribution >= 0.6 is 0 Å². The smallest absolute Gasteiger partial charge is 0.270 e. The highest BCUT2D eigenvalue weighted by molar-refractivity contribution is 5.97. The van der Waals surface area contributed by atoms with E-state index in [1.54, 1.807) is 36.5 Å². The van der Waals surface area contributed by atoms with E-state index in [0.29, 0.717) is 28.4 Å². The predicted octanol–water partition coefficient (Wildman–Crippen LogP) is 4.81. The van der Waals surface area contributed by atoms with Crippen molar-refractivity contribution in [1.82, 2.24) is 9.88 Å². The first-order chi connectivity index (χ1) is 17.1. The van der Waals surface area contributed by atoms with Crippen molar-refractivity contribution in [3.63, 3.8) is 0 Å². The summed E-state index contributed by atoms with van der Waals surface area (Å²) in [4.78, 5) is 31.9. The van der Waals surface area contributed by atoms with Crippen LogP contribution in [0.4, 0.5) is 11.5 Å². The van der Waals surface area contributed by atoms with Crippen molar-refractivity contribution in [2.75, 3.05) is 24.1 Å². The van der Waals surface area contributed by atoms with E-state index in [-0.39, 0.29) is 11.8 Å². The van der Waals surface area contributed by atoms with Crippen LogP contribution in [0, 0.1) is 0 Å². The normalized spacial score (nSPS) is 14.0. The Morgan fingerprint density at radius 1 is 0.943 bits per heavy atom. The lowest BCUT2D eigenvalue weighted by atomic mass is 10.1. The summed E-state index contributed by atoms with van der Waals surface area (Å²) in [5, 5.41) is 4.62. The molecule has 1 atom stereocenters. The lowest BCUT2D eigenvalue weighted by Crippen LogP contribution is -2.27. The highest BCUT2D eigenvalue weighted by Gasteiger charge is 2.24. The van der Waals surface area contributed by atoms with Gasteiger partial charge in [0.2, 0.25) is 6.10 Å². The standard InChI is InChI=1S/C28H26N4O3/c29-26-24-18-23(13-10-19(24)14-15-30-26)35-25(20-6-2-1-3-7-20)27(33)31-22-11-8-21(9-12-22)28(34)32-16-4-5-17-32/h1-3,6-15,18,25H,4-5,16-17H2,(H2,29,30)(H,31,33). The van der Waals surface area contributed by atoms with Crippen molar-refractivity contribution in [3.8, 4) is 5.75 Å². The molecule has 7 nitrogen and oxygen atoms in total. The lowest BCUT2D eigenvalue weighted by Gasteiger charge is -2.20. The second-order valence-corrected chi connectivity index (χ2v) is 8.55. The molecule has 7 heteroatoms. The molecule has 1 saturated heterocycles. The number of hydrogen-bond donors (Lipinski definition) is 2. The van der Waals surface area contributed by atoms with Crippen molar-refractivity contribution in [1.29, 1.82) is 0 Å². The number of benzene rings is 3. The van der Waals surface area contributed by atoms with E-state index in [1.165, 1.54) is 0 Å². The molecule has 1 fully saturated rings. The summed E-state index contributed by atoms with van der Waals surface area (Å²) in [5.41, 5.74) is 7.94. The summed E-state index contributed by atoms with van der Waals surface area (Å²) in [6.45, 7) is 1.59. The Labute approximate surface area is 203 Å². The fourth-order valence-electron chi connectivity index (χ4n) is 4.29. The van der Waals surface area contributed by atoms with Gasteiger partial charge < -0.3 is 20.7 Å². The molecule has 0 radical (unpaired) electrons. The van der Waals surface area contributed by atoms with Crippen LogP contribution in [-0.2, 0) is 4.79 Å². The zero-order chi connectivity index (χ0) is 24.2. The van der Waals surface area contributed by atoms with Gasteiger partial charge in [0.15, 0.2) is 0 Å². The molecule has 1 aromatic heterocycles. The van der Waals surface area contributed by atoms with Crippen molar-refractivity contribution >= 4 is 34.1 Å². The summed E-state index contributed by atoms with van der Waals surface area (Å²) in [5.74, 6) is 0.606. The highest BCUT2D eigenvalue weighted by Crippen LogP contribution is 2.29. The third-order valence-electron chi connectivity index (χ3n) is 6.16. The molecule has 5 rings (SSSR count). The van der Waals surface area contributed by atoms with Crippen LogP contribution in [0.5, 0.6) is 5.75 Å². The summed E-state index contributed by atoms with van der Waals surface area (Å²) in [6.07, 6.45) is 2.85. The number of nitrogens with one attached hydrogen (secondary N) is 1. The Bertz CT molecular complexity index is 1350. The summed E-state index contributed by atoms with van der Waals surface area (Å²) < 4.78 is 6.17. The molecular weight excluding hydrogens is 440 g/mol. The van der Waals surface area contributed by atoms with Gasteiger partial charge >= 0.3 is 0 Å². The zero-order valence-electron chi connectivity index (χ0n) is 19.2. The van der Waals surface area contributed by atoms with Gasteiger partial charge in [-0.15, -0.1) is 0 Å². The maximum Gasteiger partial charge on any atom is 0.270 e. The molecule has 35 heavy (non-hydrogen) atoms. The number of nitrogens with two attached hydrogens (primary N) is 1. The molecule has 1 aliphatic heterocycles. The van der Waals surface area contributed by atoms with Crippen LogP contribution in [0.2, 0.25) is 0 Å². The number of nitrogens with zero attached hydrogens (tertiary/aromatic N) is 2. The van der Waals surface area contributed by atoms with Crippen LogP contribution in [0.25, 0.3) is 10.8 Å². The third-order valence-corrected chi connectivity index (χ3v) is 6.16. The average molecular weight is 467 g/mol. The molecule has 2 amide bonds. The molecule has 0 aliphatic carbocycles. The van der Waals surface area contributed by atoms with Crippen molar-refractivity contribution in [2.24, 2.45) is 0 Å². The van der Waals surface area contributed by atoms with Gasteiger partial charge in [-0.2, -0.15) is 0 Å². The van der Waals surface area contributed by atoms with Crippen molar-refractivity contribution < 1.29 is 14.3 Å². The predicted molar refractivity (Wildman–Crippen MR) is 136 cm³/mol. The van der Waals surface area contributed by atoms with Crippen LogP contribution in [0.1, 0.15) is 34.9 Å². The van der Waals surface area contributed by atoms with Gasteiger partial charge in [-0.25, -0.2) is 4.98 Å². The quantitative estimate of drug-likeness (QED) is 0.425. The number of amides is 2. The number of likely N-dealkylation sites (tertiary alicyclic amines) is 1. The number of carbonyl (C=O) groups is 2. The number of rotatable bonds is 6. The molecule has 0 saturated carbocycles. The average Bonchev–Trinajstić information content (AvgIpc) is 3.43. The zero-order valence-corrected chi connectivity index (χ0v) is 19.2. The Balaban J connectivity index is 1.36. The van der Waals surface area contributed by atoms with E-state index in [0.717, 1.165) is 36.7 Å². The number of nitrogen functional groups attached to an aromatic ring is 1. The Hall–Kier alpha value is -4.39. The minimum Gasteiger partial charge on any atom is -0.476 e. The fraction of sp³-hybridized carbons (Fsp3) is 0.179. The van der Waals surface area contributed by atoms with E-state index in [1.807, 2.05) is 53.4 Å². The molecule has 4 aromatic rings. The second kappa shape index (κ2) is 9.85. The molecule has 0 bridgehead atoms. The molecule has 2 heterocycles. The monoisotopic (exact) mass is 466 g/mol. The topological polar surface area (TPSA) is 97.5 Å². The lowest BCUT2D eigenvalue weighted by molar-refractivity contribution is -0.123. The van der Waals surface area contributed by atoms with Crippen molar-refractivity contribution in [3.05, 3.63) is 96.2 Å². The summed E-state index contributed by atoms with van der Waals surface area (Å²) in [6, 6.07) is 23.6. The first kappa shape index (κ1) is 22.4. The van der Waals surface area contributed by atoms with Crippen LogP contribution < -0.4 is 15.8 Å². The first-order valence-corrected chi connectivity index (χ1v) is 11.6. The van der Waals surface area contributed by atoms with E-state index in [2.05, 4.69) is 10.3 Å². The van der Waals surface area contributed by atoms with Crippen LogP contribution in [0.15, 0.2) is 85.1 Å². The molecule has 1 unspecified atom stereocenters. The third kappa shape index (κ3) is 4.94. The fourth-order valence-corrected chi connectivity index (χ4v) is 4.29. The molecular formula is C28H26N4O3. The number of fused-ring (bicyclic) bond motifs is 1. The number of pyridine rings is 1. The summed E-state index contributed by atoms with van der Waals surface area (Å²) in [7, 11) is 0. The Morgan fingerprint density at radius 2 is 1.69 bits per heavy atom. The Morgan fingerprint density at radius 3 is 2.43 bits per heavy atom. The maximum atomic E-state index is 13.3. The van der Waals surface area contributed by atoms with Gasteiger partial charge in [0.05, 0.1) is 0 Å². The van der Waals surface area contributed by atoms with E-state index >= 15 is 0 Å². The second-order valence-electron chi connectivity index (χ2n) is 8.55. The van der Waals surface area contributed by atoms with Crippen LogP contribution in [0.3, 0.4) is 0 Å². The van der Waals surface area contributed by atoms with E-state index in [4.69, 9.17) is 10.5 Å². The first-order valence-electron chi connectivity index (χ1n) is 11.6. The number of anilines is 2. The molecule has 3 aromatic carbocycles. The van der Waals surface area contributed by atoms with Gasteiger partial charge in [-0.3, -0.25) is 9.59 Å². The van der Waals surface area contributed by atoms with E-state index in [9.17, 15) is 9.59 Å². The number of aromatic nitrogens is 1. The number of carbonyl (C=O) groups excluding carboxylic acids is 2. The van der Waals surface area contributed by atoms with E-state index < -0.39 is 6.10 Å². The van der Waals surface area contributed by atoms with Crippen LogP contribution in [-0.4, -0.2) is 34.8 Å². The largest absolute Gasteiger partial charge is 0.476 e. The van der Waals surface area contributed by atoms with Gasteiger partial charge in [0.1, 0.15) is 11.6 Å². The maximum absolute atomic E-state index is 13.3. The number of hydrogen-bond acceptors (Lipinski definition) is 5. The minimum absolute atomic E-state index is 0.0240. The SMILES string of the molecule is Nc1nccc2ccc(OC(C(=O)Nc3ccc(C(=O)N4CCCC4)cc3)c3ccccc3)cc12. The summed E-state index contributed by atoms with van der Waals surface area (Å²) >= 11 is 0. The minimum atomic E-state index is -0.891. The molecule has 0 spiro atoms. The van der Waals surface area contributed by atoms with Crippen molar-refractivity contribution in [2.45, 2.75) is 18.9 Å². The number of ether oxygens (including phenoxy) is 1. The molecule has 1 aliphatic rings. The van der Waals surface area contributed by atoms with Gasteiger partial charge in [-0.05, 0) is 60.7 Å².